The van der Waals surface area contributed by atoms with Crippen LogP contribution in [0.2, 0.25) is 0 Å². The molecule has 0 amide bonds. The van der Waals surface area contributed by atoms with Gasteiger partial charge in [-0.05, 0) is 12.1 Å². The highest BCUT2D eigenvalue weighted by atomic mass is 19.4. The summed E-state index contributed by atoms with van der Waals surface area (Å²) in [5, 5.41) is 3.98. The van der Waals surface area contributed by atoms with Gasteiger partial charge in [0, 0.05) is 19.0 Å². The Bertz CT molecular complexity index is 360. The number of hydrogen-bond donors (Lipinski definition) is 0. The fourth-order valence-electron chi connectivity index (χ4n) is 1.45. The highest BCUT2D eigenvalue weighted by molar-refractivity contribution is 5.35. The molecule has 1 saturated heterocycles. The van der Waals surface area contributed by atoms with Crippen molar-refractivity contribution in [3.8, 4) is 5.75 Å². The van der Waals surface area contributed by atoms with Gasteiger partial charge in [0.25, 0.3) is 0 Å². The number of rotatable bonds is 3. The average Bonchev–Trinajstić information content (AvgIpc) is 2.14. The minimum absolute atomic E-state index is 0.0955. The predicted octanol–water partition coefficient (Wildman–Crippen LogP) is 2.32. The molecular weight excluding hydrogens is 219 g/mol. The zero-order chi connectivity index (χ0) is 11.6. The van der Waals surface area contributed by atoms with Gasteiger partial charge < -0.3 is 4.74 Å². The second-order valence-electron chi connectivity index (χ2n) is 3.76. The van der Waals surface area contributed by atoms with E-state index in [2.05, 4.69) is 5.32 Å². The van der Waals surface area contributed by atoms with Crippen molar-refractivity contribution in [2.45, 2.75) is 6.18 Å². The Labute approximate surface area is 91.4 Å². The molecular formula is C11H11F3NO. The lowest BCUT2D eigenvalue weighted by Crippen LogP contribution is -2.39. The van der Waals surface area contributed by atoms with E-state index in [0.717, 1.165) is 6.07 Å². The third kappa shape index (κ3) is 2.47. The van der Waals surface area contributed by atoms with E-state index in [1.54, 1.807) is 0 Å². The first-order valence-corrected chi connectivity index (χ1v) is 4.99. The molecule has 0 bridgehead atoms. The van der Waals surface area contributed by atoms with Crippen molar-refractivity contribution in [2.24, 2.45) is 5.92 Å². The summed E-state index contributed by atoms with van der Waals surface area (Å²) >= 11 is 0. The predicted molar refractivity (Wildman–Crippen MR) is 52.3 cm³/mol. The molecule has 5 heteroatoms. The number of nitrogens with zero attached hydrogens (tertiary/aromatic N) is 1. The van der Waals surface area contributed by atoms with Crippen molar-refractivity contribution in [3.63, 3.8) is 0 Å². The molecule has 16 heavy (non-hydrogen) atoms. The SMILES string of the molecule is FC(F)(F)c1ccccc1OCC1C[N]C1. The van der Waals surface area contributed by atoms with Gasteiger partial charge in [0.15, 0.2) is 0 Å². The molecule has 0 atom stereocenters. The number of ether oxygens (including phenoxy) is 1. The van der Waals surface area contributed by atoms with E-state index in [1.807, 2.05) is 0 Å². The maximum Gasteiger partial charge on any atom is 0.419 e. The molecule has 0 unspecified atom stereocenters. The molecule has 0 saturated carbocycles. The Morgan fingerprint density at radius 1 is 1.25 bits per heavy atom. The lowest BCUT2D eigenvalue weighted by molar-refractivity contribution is -0.139. The molecule has 1 aromatic rings. The second kappa shape index (κ2) is 4.33. The first-order valence-electron chi connectivity index (χ1n) is 4.99. The summed E-state index contributed by atoms with van der Waals surface area (Å²) in [6.45, 7) is 1.68. The van der Waals surface area contributed by atoms with E-state index in [0.29, 0.717) is 19.7 Å². The van der Waals surface area contributed by atoms with Crippen LogP contribution in [-0.2, 0) is 6.18 Å². The summed E-state index contributed by atoms with van der Waals surface area (Å²) in [5.41, 5.74) is -0.716. The first kappa shape index (κ1) is 11.3. The van der Waals surface area contributed by atoms with Crippen LogP contribution in [-0.4, -0.2) is 19.7 Å². The zero-order valence-electron chi connectivity index (χ0n) is 8.50. The van der Waals surface area contributed by atoms with Gasteiger partial charge in [-0.25, -0.2) is 5.32 Å². The summed E-state index contributed by atoms with van der Waals surface area (Å²) < 4.78 is 42.9. The summed E-state index contributed by atoms with van der Waals surface area (Å²) in [6.07, 6.45) is -4.36. The van der Waals surface area contributed by atoms with Gasteiger partial charge in [-0.15, -0.1) is 0 Å². The number of para-hydroxylation sites is 1. The quantitative estimate of drug-likeness (QED) is 0.781. The van der Waals surface area contributed by atoms with E-state index in [-0.39, 0.29) is 11.7 Å². The van der Waals surface area contributed by atoms with Crippen molar-refractivity contribution in [2.75, 3.05) is 19.7 Å². The summed E-state index contributed by atoms with van der Waals surface area (Å²) in [4.78, 5) is 0. The van der Waals surface area contributed by atoms with Gasteiger partial charge in [-0.2, -0.15) is 13.2 Å². The van der Waals surface area contributed by atoms with Crippen LogP contribution in [0.25, 0.3) is 0 Å². The average molecular weight is 230 g/mol. The number of halogens is 3. The van der Waals surface area contributed by atoms with Gasteiger partial charge in [-0.1, -0.05) is 12.1 Å². The summed E-state index contributed by atoms with van der Waals surface area (Å²) in [7, 11) is 0. The van der Waals surface area contributed by atoms with Crippen LogP contribution in [0.1, 0.15) is 5.56 Å². The molecule has 1 aliphatic heterocycles. The Morgan fingerprint density at radius 2 is 1.94 bits per heavy atom. The highest BCUT2D eigenvalue weighted by Gasteiger charge is 2.34. The Morgan fingerprint density at radius 3 is 2.50 bits per heavy atom. The fourth-order valence-corrected chi connectivity index (χ4v) is 1.45. The van der Waals surface area contributed by atoms with E-state index < -0.39 is 11.7 Å². The molecule has 1 fully saturated rings. The Balaban J connectivity index is 2.06. The molecule has 1 heterocycles. The normalized spacial score (nSPS) is 16.9. The van der Waals surface area contributed by atoms with Crippen molar-refractivity contribution >= 4 is 0 Å². The Hall–Kier alpha value is -1.23. The van der Waals surface area contributed by atoms with Crippen LogP contribution in [0.3, 0.4) is 0 Å². The van der Waals surface area contributed by atoms with Crippen molar-refractivity contribution in [1.29, 1.82) is 0 Å². The maximum absolute atomic E-state index is 12.6. The van der Waals surface area contributed by atoms with E-state index >= 15 is 0 Å². The first-order chi connectivity index (χ1) is 7.57. The smallest absolute Gasteiger partial charge is 0.419 e. The number of hydrogen-bond acceptors (Lipinski definition) is 1. The monoisotopic (exact) mass is 230 g/mol. The summed E-state index contributed by atoms with van der Waals surface area (Å²) in [6, 6.07) is 5.27. The largest absolute Gasteiger partial charge is 0.493 e. The standard InChI is InChI=1S/C11H11F3NO/c12-11(13,14)9-3-1-2-4-10(9)16-7-8-5-15-6-8/h1-4,8H,5-7H2. The second-order valence-corrected chi connectivity index (χ2v) is 3.76. The third-order valence-electron chi connectivity index (χ3n) is 2.44. The molecule has 2 nitrogen and oxygen atoms in total. The minimum atomic E-state index is -4.36. The van der Waals surface area contributed by atoms with Crippen LogP contribution >= 0.6 is 0 Å². The summed E-state index contributed by atoms with van der Waals surface area (Å²) in [5.74, 6) is 0.170. The lowest BCUT2D eigenvalue weighted by Gasteiger charge is -2.25. The van der Waals surface area contributed by atoms with Gasteiger partial charge in [0.2, 0.25) is 0 Å². The fraction of sp³-hybridized carbons (Fsp3) is 0.455. The zero-order valence-corrected chi connectivity index (χ0v) is 8.50. The van der Waals surface area contributed by atoms with Crippen LogP contribution < -0.4 is 10.1 Å². The molecule has 1 aliphatic rings. The van der Waals surface area contributed by atoms with Gasteiger partial charge in [-0.3, -0.25) is 0 Å². The van der Waals surface area contributed by atoms with Crippen LogP contribution in [0.4, 0.5) is 13.2 Å². The van der Waals surface area contributed by atoms with Gasteiger partial charge in [0.1, 0.15) is 5.75 Å². The molecule has 1 aromatic carbocycles. The van der Waals surface area contributed by atoms with E-state index in [9.17, 15) is 13.2 Å². The molecule has 0 aliphatic carbocycles. The molecule has 0 aromatic heterocycles. The van der Waals surface area contributed by atoms with Gasteiger partial charge >= 0.3 is 6.18 Å². The minimum Gasteiger partial charge on any atom is -0.493 e. The van der Waals surface area contributed by atoms with Crippen LogP contribution in [0.5, 0.6) is 5.75 Å². The molecule has 0 N–H and O–H groups in total. The van der Waals surface area contributed by atoms with E-state index in [4.69, 9.17) is 4.74 Å². The maximum atomic E-state index is 12.6. The lowest BCUT2D eigenvalue weighted by atomic mass is 10.1. The molecule has 87 valence electrons. The highest BCUT2D eigenvalue weighted by Crippen LogP contribution is 2.36. The van der Waals surface area contributed by atoms with Gasteiger partial charge in [0.05, 0.1) is 12.2 Å². The number of benzene rings is 1. The van der Waals surface area contributed by atoms with E-state index in [1.165, 1.54) is 18.2 Å². The molecule has 2 rings (SSSR count). The number of alkyl halides is 3. The van der Waals surface area contributed by atoms with Crippen LogP contribution in [0, 0.1) is 5.92 Å². The van der Waals surface area contributed by atoms with Crippen molar-refractivity contribution in [3.05, 3.63) is 29.8 Å². The van der Waals surface area contributed by atoms with Crippen molar-refractivity contribution < 1.29 is 17.9 Å². The third-order valence-corrected chi connectivity index (χ3v) is 2.44. The van der Waals surface area contributed by atoms with Crippen LogP contribution in [0.15, 0.2) is 24.3 Å². The Kier molecular flexibility index (Phi) is 3.05. The molecule has 1 radical (unpaired) electrons. The van der Waals surface area contributed by atoms with Crippen molar-refractivity contribution in [1.82, 2.24) is 5.32 Å². The topological polar surface area (TPSA) is 23.3 Å². The molecule has 0 spiro atoms.